The number of nitrogens with one attached hydrogen (secondary N) is 1. The molecule has 1 saturated carbocycles. The number of anilines is 1. The van der Waals surface area contributed by atoms with Gasteiger partial charge < -0.3 is 15.0 Å². The Bertz CT molecular complexity index is 1480. The number of rotatable bonds is 12. The lowest BCUT2D eigenvalue weighted by Gasteiger charge is -2.32. The minimum absolute atomic E-state index is 0.0259. The van der Waals surface area contributed by atoms with Crippen molar-refractivity contribution in [3.8, 4) is 5.75 Å². The zero-order valence-electron chi connectivity index (χ0n) is 23.6. The van der Waals surface area contributed by atoms with E-state index in [1.165, 1.54) is 29.2 Å². The topological polar surface area (TPSA) is 96.0 Å². The SMILES string of the molecule is CCOc1ccc(N(CC(=O)N(Cc2cccc(Cl)c2)[C@H](C)C(=O)NC2CCCC2)S(=O)(=O)c2ccc(Cl)cc2)cc1. The predicted octanol–water partition coefficient (Wildman–Crippen LogP) is 6.06. The summed E-state index contributed by atoms with van der Waals surface area (Å²) in [6, 6.07) is 18.4. The number of ether oxygens (including phenoxy) is 1. The molecule has 0 unspecified atom stereocenters. The van der Waals surface area contributed by atoms with Crippen molar-refractivity contribution in [3.05, 3.63) is 88.4 Å². The van der Waals surface area contributed by atoms with Crippen LogP contribution in [-0.4, -0.2) is 50.4 Å². The van der Waals surface area contributed by atoms with Crippen LogP contribution < -0.4 is 14.4 Å². The van der Waals surface area contributed by atoms with Gasteiger partial charge in [0.1, 0.15) is 18.3 Å². The minimum atomic E-state index is -4.20. The highest BCUT2D eigenvalue weighted by Crippen LogP contribution is 2.28. The van der Waals surface area contributed by atoms with E-state index in [1.807, 2.05) is 13.0 Å². The van der Waals surface area contributed by atoms with Crippen molar-refractivity contribution in [1.29, 1.82) is 0 Å². The Hall–Kier alpha value is -3.27. The van der Waals surface area contributed by atoms with Crippen LogP contribution in [-0.2, 0) is 26.2 Å². The van der Waals surface area contributed by atoms with Gasteiger partial charge in [0, 0.05) is 22.6 Å². The Morgan fingerprint density at radius 3 is 2.26 bits per heavy atom. The average molecular weight is 633 g/mol. The molecule has 3 aromatic rings. The summed E-state index contributed by atoms with van der Waals surface area (Å²) in [5.41, 5.74) is 0.983. The molecule has 1 aliphatic rings. The van der Waals surface area contributed by atoms with Gasteiger partial charge in [-0.15, -0.1) is 0 Å². The molecule has 1 atom stereocenters. The number of nitrogens with zero attached hydrogens (tertiary/aromatic N) is 2. The Kier molecular flexibility index (Phi) is 10.8. The van der Waals surface area contributed by atoms with Crippen molar-refractivity contribution in [2.24, 2.45) is 0 Å². The molecule has 1 N–H and O–H groups in total. The number of sulfonamides is 1. The summed E-state index contributed by atoms with van der Waals surface area (Å²) in [5.74, 6) is -0.267. The number of halogens is 2. The first kappa shape index (κ1) is 31.7. The Labute approximate surface area is 257 Å². The van der Waals surface area contributed by atoms with E-state index in [-0.39, 0.29) is 29.1 Å². The largest absolute Gasteiger partial charge is 0.494 e. The smallest absolute Gasteiger partial charge is 0.264 e. The molecule has 0 spiro atoms. The summed E-state index contributed by atoms with van der Waals surface area (Å²) in [6.45, 7) is 3.48. The monoisotopic (exact) mass is 631 g/mol. The first-order valence-electron chi connectivity index (χ1n) is 13.9. The molecule has 0 aromatic heterocycles. The van der Waals surface area contributed by atoms with Crippen molar-refractivity contribution >= 4 is 50.7 Å². The van der Waals surface area contributed by atoms with Crippen LogP contribution in [0, 0.1) is 0 Å². The number of benzene rings is 3. The Balaban J connectivity index is 1.69. The van der Waals surface area contributed by atoms with Crippen molar-refractivity contribution in [2.75, 3.05) is 17.5 Å². The highest BCUT2D eigenvalue weighted by atomic mass is 35.5. The second-order valence-corrected chi connectivity index (χ2v) is 12.9. The lowest BCUT2D eigenvalue weighted by molar-refractivity contribution is -0.139. The van der Waals surface area contributed by atoms with Crippen LogP contribution in [0.4, 0.5) is 5.69 Å². The normalized spacial score (nSPS) is 14.3. The Morgan fingerprint density at radius 1 is 0.976 bits per heavy atom. The van der Waals surface area contributed by atoms with Crippen LogP contribution in [0.2, 0.25) is 10.0 Å². The number of amides is 2. The predicted molar refractivity (Wildman–Crippen MR) is 165 cm³/mol. The molecular weight excluding hydrogens is 597 g/mol. The van der Waals surface area contributed by atoms with Crippen LogP contribution in [0.3, 0.4) is 0 Å². The van der Waals surface area contributed by atoms with E-state index < -0.39 is 28.5 Å². The Morgan fingerprint density at radius 2 is 1.64 bits per heavy atom. The maximum absolute atomic E-state index is 14.1. The summed E-state index contributed by atoms with van der Waals surface area (Å²) >= 11 is 12.2. The fraction of sp³-hybridized carbons (Fsp3) is 0.355. The van der Waals surface area contributed by atoms with Crippen molar-refractivity contribution in [2.45, 2.75) is 63.1 Å². The molecule has 4 rings (SSSR count). The third-order valence-electron chi connectivity index (χ3n) is 7.23. The minimum Gasteiger partial charge on any atom is -0.494 e. The van der Waals surface area contributed by atoms with E-state index in [9.17, 15) is 18.0 Å². The zero-order chi connectivity index (χ0) is 30.3. The quantitative estimate of drug-likeness (QED) is 0.262. The van der Waals surface area contributed by atoms with Gasteiger partial charge in [-0.3, -0.25) is 13.9 Å². The number of carbonyl (C=O) groups excluding carboxylic acids is 2. The molecule has 224 valence electrons. The molecule has 1 aliphatic carbocycles. The fourth-order valence-corrected chi connectivity index (χ4v) is 6.70. The first-order chi connectivity index (χ1) is 20.1. The van der Waals surface area contributed by atoms with Crippen LogP contribution in [0.15, 0.2) is 77.7 Å². The molecule has 0 radical (unpaired) electrons. The van der Waals surface area contributed by atoms with Crippen LogP contribution in [0.5, 0.6) is 5.75 Å². The highest BCUT2D eigenvalue weighted by Gasteiger charge is 2.33. The molecule has 0 heterocycles. The summed E-state index contributed by atoms with van der Waals surface area (Å²) in [5, 5.41) is 3.93. The molecule has 0 bridgehead atoms. The molecular formula is C31H35Cl2N3O5S. The molecule has 8 nitrogen and oxygen atoms in total. The van der Waals surface area contributed by atoms with Crippen molar-refractivity contribution < 1.29 is 22.7 Å². The van der Waals surface area contributed by atoms with Crippen molar-refractivity contribution in [3.63, 3.8) is 0 Å². The van der Waals surface area contributed by atoms with Crippen LogP contribution in [0.1, 0.15) is 45.1 Å². The lowest BCUT2D eigenvalue weighted by Crippen LogP contribution is -2.52. The number of hydrogen-bond donors (Lipinski definition) is 1. The van der Waals surface area contributed by atoms with Gasteiger partial charge in [0.15, 0.2) is 0 Å². The third kappa shape index (κ3) is 7.96. The molecule has 11 heteroatoms. The zero-order valence-corrected chi connectivity index (χ0v) is 26.0. The van der Waals surface area contributed by atoms with E-state index in [2.05, 4.69) is 5.32 Å². The van der Waals surface area contributed by atoms with E-state index in [0.717, 1.165) is 30.0 Å². The van der Waals surface area contributed by atoms with E-state index in [0.29, 0.717) is 28.0 Å². The molecule has 1 fully saturated rings. The summed E-state index contributed by atoms with van der Waals surface area (Å²) in [4.78, 5) is 28.8. The first-order valence-corrected chi connectivity index (χ1v) is 16.1. The van der Waals surface area contributed by atoms with Crippen LogP contribution >= 0.6 is 23.2 Å². The fourth-order valence-electron chi connectivity index (χ4n) is 4.94. The number of carbonyl (C=O) groups is 2. The maximum Gasteiger partial charge on any atom is 0.264 e. The second kappa shape index (κ2) is 14.3. The van der Waals surface area contributed by atoms with E-state index in [4.69, 9.17) is 27.9 Å². The standard InChI is InChI=1S/C31H35Cl2N3O5S/c1-3-41-28-15-13-27(14-16-28)36(42(39,40)29-17-11-24(32)12-18-29)21-30(37)35(20-23-7-6-8-25(33)19-23)22(2)31(38)34-26-9-4-5-10-26/h6-8,11-19,22,26H,3-5,9-10,20-21H2,1-2H3,(H,34,38)/t22-/m1/s1. The van der Waals surface area contributed by atoms with Gasteiger partial charge in [-0.1, -0.05) is 48.2 Å². The number of hydrogen-bond acceptors (Lipinski definition) is 5. The molecule has 0 aliphatic heterocycles. The summed E-state index contributed by atoms with van der Waals surface area (Å²) in [7, 11) is -4.20. The molecule has 3 aromatic carbocycles. The van der Waals surface area contributed by atoms with Gasteiger partial charge in [0.25, 0.3) is 10.0 Å². The van der Waals surface area contributed by atoms with Crippen LogP contribution in [0.25, 0.3) is 0 Å². The highest BCUT2D eigenvalue weighted by molar-refractivity contribution is 7.92. The van der Waals surface area contributed by atoms with Gasteiger partial charge in [-0.05, 0) is 92.9 Å². The van der Waals surface area contributed by atoms with Gasteiger partial charge in [-0.2, -0.15) is 0 Å². The molecule has 0 saturated heterocycles. The van der Waals surface area contributed by atoms with Gasteiger partial charge >= 0.3 is 0 Å². The lowest BCUT2D eigenvalue weighted by atomic mass is 10.1. The van der Waals surface area contributed by atoms with E-state index in [1.54, 1.807) is 49.4 Å². The van der Waals surface area contributed by atoms with Gasteiger partial charge in [0.2, 0.25) is 11.8 Å². The average Bonchev–Trinajstić information content (AvgIpc) is 3.48. The van der Waals surface area contributed by atoms with E-state index >= 15 is 0 Å². The summed E-state index contributed by atoms with van der Waals surface area (Å²) in [6.07, 6.45) is 3.88. The molecule has 2 amide bonds. The summed E-state index contributed by atoms with van der Waals surface area (Å²) < 4.78 is 34.4. The second-order valence-electron chi connectivity index (χ2n) is 10.2. The third-order valence-corrected chi connectivity index (χ3v) is 9.50. The maximum atomic E-state index is 14.1. The van der Waals surface area contributed by atoms with Crippen molar-refractivity contribution in [1.82, 2.24) is 10.2 Å². The molecule has 42 heavy (non-hydrogen) atoms. The van der Waals surface area contributed by atoms with Gasteiger partial charge in [0.05, 0.1) is 17.2 Å². The van der Waals surface area contributed by atoms with Gasteiger partial charge in [-0.25, -0.2) is 8.42 Å².